The average molecular weight is 249 g/mol. The van der Waals surface area contributed by atoms with E-state index >= 15 is 0 Å². The molecule has 18 heavy (non-hydrogen) atoms. The number of nitrogens with zero attached hydrogens (tertiary/aromatic N) is 1. The van der Waals surface area contributed by atoms with E-state index in [1.54, 1.807) is 0 Å². The summed E-state index contributed by atoms with van der Waals surface area (Å²) in [4.78, 5) is 2.44. The van der Waals surface area contributed by atoms with E-state index in [9.17, 15) is 5.11 Å². The minimum atomic E-state index is -0.332. The lowest BCUT2D eigenvalue weighted by molar-refractivity contribution is 0.141. The van der Waals surface area contributed by atoms with E-state index in [1.165, 1.54) is 18.4 Å². The van der Waals surface area contributed by atoms with Gasteiger partial charge in [0.2, 0.25) is 0 Å². The van der Waals surface area contributed by atoms with Crippen molar-refractivity contribution in [1.82, 2.24) is 4.90 Å². The van der Waals surface area contributed by atoms with E-state index < -0.39 is 0 Å². The molecular formula is C16H27NO. The molecule has 0 spiro atoms. The van der Waals surface area contributed by atoms with Crippen LogP contribution in [0.1, 0.15) is 50.3 Å². The van der Waals surface area contributed by atoms with Gasteiger partial charge in [0.1, 0.15) is 0 Å². The normalized spacial score (nSPS) is 12.9. The molecule has 1 rings (SSSR count). The molecule has 1 atom stereocenters. The van der Waals surface area contributed by atoms with Crippen LogP contribution in [0.5, 0.6) is 0 Å². The quantitative estimate of drug-likeness (QED) is 0.761. The van der Waals surface area contributed by atoms with E-state index in [4.69, 9.17) is 0 Å². The van der Waals surface area contributed by atoms with E-state index in [0.717, 1.165) is 31.6 Å². The van der Waals surface area contributed by atoms with Gasteiger partial charge in [-0.1, -0.05) is 43.7 Å². The summed E-state index contributed by atoms with van der Waals surface area (Å²) in [6.45, 7) is 9.73. The van der Waals surface area contributed by atoms with Crippen molar-refractivity contribution < 1.29 is 5.11 Å². The lowest BCUT2D eigenvalue weighted by Crippen LogP contribution is -2.27. The summed E-state index contributed by atoms with van der Waals surface area (Å²) in [6.07, 6.45) is 2.85. The Bertz CT molecular complexity index is 314. The Labute approximate surface area is 112 Å². The molecule has 0 saturated carbocycles. The van der Waals surface area contributed by atoms with Crippen LogP contribution in [0.4, 0.5) is 0 Å². The highest BCUT2D eigenvalue weighted by Crippen LogP contribution is 2.17. The topological polar surface area (TPSA) is 23.5 Å². The lowest BCUT2D eigenvalue weighted by Gasteiger charge is -2.22. The summed E-state index contributed by atoms with van der Waals surface area (Å²) >= 11 is 0. The molecule has 0 bridgehead atoms. The van der Waals surface area contributed by atoms with Crippen molar-refractivity contribution in [1.29, 1.82) is 0 Å². The summed E-state index contributed by atoms with van der Waals surface area (Å²) in [6, 6.07) is 8.19. The summed E-state index contributed by atoms with van der Waals surface area (Å²) in [5.74, 6) is 0. The summed E-state index contributed by atoms with van der Waals surface area (Å²) in [5, 5.41) is 10.2. The fourth-order valence-electron chi connectivity index (χ4n) is 2.23. The number of hydrogen-bond acceptors (Lipinski definition) is 2. The molecule has 1 unspecified atom stereocenters. The minimum Gasteiger partial charge on any atom is -0.388 e. The maximum atomic E-state index is 10.2. The molecule has 102 valence electrons. The zero-order chi connectivity index (χ0) is 13.4. The molecule has 0 aliphatic carbocycles. The fraction of sp³-hybridized carbons (Fsp3) is 0.625. The van der Waals surface area contributed by atoms with Crippen molar-refractivity contribution in [2.45, 2.75) is 46.1 Å². The molecule has 0 aliphatic heterocycles. The molecule has 2 nitrogen and oxygen atoms in total. The maximum absolute atomic E-state index is 10.2. The van der Waals surface area contributed by atoms with Gasteiger partial charge < -0.3 is 10.0 Å². The first kappa shape index (κ1) is 15.2. The van der Waals surface area contributed by atoms with E-state index in [2.05, 4.69) is 37.8 Å². The number of hydrogen-bond donors (Lipinski definition) is 1. The van der Waals surface area contributed by atoms with Crippen molar-refractivity contribution in [2.75, 3.05) is 19.6 Å². The van der Waals surface area contributed by atoms with Gasteiger partial charge in [0.05, 0.1) is 6.10 Å². The van der Waals surface area contributed by atoms with Crippen molar-refractivity contribution in [3.05, 3.63) is 35.4 Å². The van der Waals surface area contributed by atoms with Gasteiger partial charge in [-0.15, -0.1) is 0 Å². The van der Waals surface area contributed by atoms with Crippen molar-refractivity contribution in [3.8, 4) is 0 Å². The van der Waals surface area contributed by atoms with Crippen LogP contribution in [-0.2, 0) is 0 Å². The number of aryl methyl sites for hydroxylation is 1. The van der Waals surface area contributed by atoms with Gasteiger partial charge in [-0.3, -0.25) is 0 Å². The highest BCUT2D eigenvalue weighted by Gasteiger charge is 2.10. The largest absolute Gasteiger partial charge is 0.388 e. The summed E-state index contributed by atoms with van der Waals surface area (Å²) < 4.78 is 0. The molecule has 0 fully saturated rings. The summed E-state index contributed by atoms with van der Waals surface area (Å²) in [5.41, 5.74) is 2.28. The monoisotopic (exact) mass is 249 g/mol. The van der Waals surface area contributed by atoms with Crippen LogP contribution in [0, 0.1) is 6.92 Å². The van der Waals surface area contributed by atoms with Gasteiger partial charge in [0.25, 0.3) is 0 Å². The third-order valence-electron chi connectivity index (χ3n) is 3.26. The first-order valence-corrected chi connectivity index (χ1v) is 7.14. The van der Waals surface area contributed by atoms with E-state index in [1.807, 2.05) is 12.1 Å². The first-order valence-electron chi connectivity index (χ1n) is 7.14. The Morgan fingerprint density at radius 2 is 1.56 bits per heavy atom. The molecule has 0 aliphatic rings. The number of aliphatic hydroxyl groups is 1. The highest BCUT2D eigenvalue weighted by atomic mass is 16.3. The molecule has 0 radical (unpaired) electrons. The molecule has 0 aromatic heterocycles. The second kappa shape index (κ2) is 8.28. The Kier molecular flexibility index (Phi) is 6.99. The lowest BCUT2D eigenvalue weighted by atomic mass is 10.0. The Balaban J connectivity index is 2.43. The highest BCUT2D eigenvalue weighted by molar-refractivity contribution is 5.22. The fourth-order valence-corrected chi connectivity index (χ4v) is 2.23. The van der Waals surface area contributed by atoms with Gasteiger partial charge in [-0.05, 0) is 44.8 Å². The second-order valence-electron chi connectivity index (χ2n) is 5.06. The van der Waals surface area contributed by atoms with Crippen LogP contribution in [0.15, 0.2) is 24.3 Å². The molecule has 2 heteroatoms. The van der Waals surface area contributed by atoms with Crippen molar-refractivity contribution in [3.63, 3.8) is 0 Å². The van der Waals surface area contributed by atoms with Crippen LogP contribution < -0.4 is 0 Å². The van der Waals surface area contributed by atoms with Gasteiger partial charge >= 0.3 is 0 Å². The standard InChI is InChI=1S/C16H27NO/c1-4-11-17(12-5-2)13-10-16(18)15-8-6-14(3)7-9-15/h6-9,16,18H,4-5,10-13H2,1-3H3. The van der Waals surface area contributed by atoms with Crippen molar-refractivity contribution >= 4 is 0 Å². The SMILES string of the molecule is CCCN(CCC)CCC(O)c1ccc(C)cc1. The molecule has 0 heterocycles. The number of aliphatic hydroxyl groups excluding tert-OH is 1. The Morgan fingerprint density at radius 1 is 1.00 bits per heavy atom. The molecule has 1 aromatic carbocycles. The molecule has 0 saturated heterocycles. The van der Waals surface area contributed by atoms with Gasteiger partial charge in [0, 0.05) is 6.54 Å². The minimum absolute atomic E-state index is 0.332. The van der Waals surface area contributed by atoms with Crippen molar-refractivity contribution in [2.24, 2.45) is 0 Å². The van der Waals surface area contributed by atoms with Crippen LogP contribution >= 0.6 is 0 Å². The van der Waals surface area contributed by atoms with Gasteiger partial charge in [-0.25, -0.2) is 0 Å². The maximum Gasteiger partial charge on any atom is 0.0802 e. The van der Waals surface area contributed by atoms with Crippen LogP contribution in [-0.4, -0.2) is 29.6 Å². The zero-order valence-electron chi connectivity index (χ0n) is 12.0. The van der Waals surface area contributed by atoms with E-state index in [0.29, 0.717) is 0 Å². The molecular weight excluding hydrogens is 222 g/mol. The zero-order valence-corrected chi connectivity index (χ0v) is 12.0. The Hall–Kier alpha value is -0.860. The number of rotatable bonds is 8. The molecule has 1 aromatic rings. The Morgan fingerprint density at radius 3 is 2.06 bits per heavy atom. The van der Waals surface area contributed by atoms with Crippen LogP contribution in [0.25, 0.3) is 0 Å². The average Bonchev–Trinajstić information content (AvgIpc) is 2.37. The predicted molar refractivity (Wildman–Crippen MR) is 77.8 cm³/mol. The third kappa shape index (κ3) is 5.19. The molecule has 1 N–H and O–H groups in total. The summed E-state index contributed by atoms with van der Waals surface area (Å²) in [7, 11) is 0. The van der Waals surface area contributed by atoms with Gasteiger partial charge in [-0.2, -0.15) is 0 Å². The van der Waals surface area contributed by atoms with Crippen LogP contribution in [0.3, 0.4) is 0 Å². The van der Waals surface area contributed by atoms with Crippen LogP contribution in [0.2, 0.25) is 0 Å². The third-order valence-corrected chi connectivity index (χ3v) is 3.26. The smallest absolute Gasteiger partial charge is 0.0802 e. The second-order valence-corrected chi connectivity index (χ2v) is 5.06. The predicted octanol–water partition coefficient (Wildman–Crippen LogP) is 3.54. The molecule has 0 amide bonds. The van der Waals surface area contributed by atoms with Gasteiger partial charge in [0.15, 0.2) is 0 Å². The number of benzene rings is 1. The van der Waals surface area contributed by atoms with E-state index in [-0.39, 0.29) is 6.10 Å². The first-order chi connectivity index (χ1) is 8.67.